The van der Waals surface area contributed by atoms with E-state index in [2.05, 4.69) is 53.2 Å². The first-order chi connectivity index (χ1) is 14.5. The molecule has 7 heteroatoms. The summed E-state index contributed by atoms with van der Waals surface area (Å²) in [7, 11) is 0. The third kappa shape index (κ3) is 3.88. The second-order valence-electron chi connectivity index (χ2n) is 7.13. The van der Waals surface area contributed by atoms with E-state index in [1.54, 1.807) is 0 Å². The summed E-state index contributed by atoms with van der Waals surface area (Å²) in [4.78, 5) is 6.66. The molecule has 0 spiro atoms. The first-order valence-electron chi connectivity index (χ1n) is 9.54. The molecule has 30 heavy (non-hydrogen) atoms. The molecule has 3 aromatic rings. The summed E-state index contributed by atoms with van der Waals surface area (Å²) in [5, 5.41) is 8.87. The molecule has 5 nitrogen and oxygen atoms in total. The molecule has 2 heterocycles. The maximum absolute atomic E-state index is 6.12. The van der Waals surface area contributed by atoms with E-state index in [0.717, 1.165) is 22.4 Å². The molecule has 1 unspecified atom stereocenters. The SMILES string of the molecule is C=CCN1C(=S)NC(c2ccc(C)cc2)C(c2nc(-c3cccc(Cl)c3)no2)=C1C. The van der Waals surface area contributed by atoms with E-state index in [4.69, 9.17) is 28.3 Å². The Hall–Kier alpha value is -2.96. The Balaban J connectivity index is 1.82. The fourth-order valence-electron chi connectivity index (χ4n) is 3.49. The van der Waals surface area contributed by atoms with Crippen molar-refractivity contribution in [1.29, 1.82) is 0 Å². The number of aromatic nitrogens is 2. The minimum absolute atomic E-state index is 0.202. The molecule has 0 bridgehead atoms. The van der Waals surface area contributed by atoms with E-state index < -0.39 is 0 Å². The predicted octanol–water partition coefficient (Wildman–Crippen LogP) is 5.55. The van der Waals surface area contributed by atoms with Gasteiger partial charge in [-0.15, -0.1) is 6.58 Å². The smallest absolute Gasteiger partial charge is 0.258 e. The molecule has 1 aliphatic heterocycles. The number of rotatable bonds is 5. The second kappa shape index (κ2) is 8.42. The van der Waals surface area contributed by atoms with Crippen LogP contribution in [0.2, 0.25) is 5.02 Å². The lowest BCUT2D eigenvalue weighted by atomic mass is 9.94. The Morgan fingerprint density at radius 1 is 1.23 bits per heavy atom. The van der Waals surface area contributed by atoms with Crippen LogP contribution < -0.4 is 5.32 Å². The van der Waals surface area contributed by atoms with Gasteiger partial charge in [-0.05, 0) is 43.8 Å². The molecular formula is C23H21ClN4OS. The largest absolute Gasteiger partial charge is 0.351 e. The molecule has 0 saturated carbocycles. The van der Waals surface area contributed by atoms with Crippen LogP contribution in [-0.4, -0.2) is 26.7 Å². The van der Waals surface area contributed by atoms with Gasteiger partial charge in [-0.25, -0.2) is 0 Å². The maximum atomic E-state index is 6.12. The molecule has 1 N–H and O–H groups in total. The number of halogens is 1. The average Bonchev–Trinajstić information content (AvgIpc) is 3.21. The van der Waals surface area contributed by atoms with Crippen molar-refractivity contribution in [3.8, 4) is 11.4 Å². The highest BCUT2D eigenvalue weighted by atomic mass is 35.5. The first-order valence-corrected chi connectivity index (χ1v) is 10.3. The average molecular weight is 437 g/mol. The van der Waals surface area contributed by atoms with Crippen molar-refractivity contribution in [2.75, 3.05) is 6.54 Å². The van der Waals surface area contributed by atoms with Gasteiger partial charge in [0.15, 0.2) is 5.11 Å². The zero-order chi connectivity index (χ0) is 21.3. The van der Waals surface area contributed by atoms with Crippen LogP contribution in [0.3, 0.4) is 0 Å². The number of aryl methyl sites for hydroxylation is 1. The molecule has 0 saturated heterocycles. The molecule has 2 aromatic carbocycles. The summed E-state index contributed by atoms with van der Waals surface area (Å²) in [5.74, 6) is 0.927. The Kier molecular flexibility index (Phi) is 5.70. The molecule has 1 aromatic heterocycles. The lowest BCUT2D eigenvalue weighted by Gasteiger charge is -2.36. The van der Waals surface area contributed by atoms with Crippen LogP contribution in [-0.2, 0) is 0 Å². The van der Waals surface area contributed by atoms with Crippen LogP contribution >= 0.6 is 23.8 Å². The lowest BCUT2D eigenvalue weighted by Crippen LogP contribution is -2.45. The lowest BCUT2D eigenvalue weighted by molar-refractivity contribution is 0.399. The standard InChI is InChI=1S/C23H21ClN4OS/c1-4-12-28-15(3)19(20(25-23(28)30)16-10-8-14(2)9-11-16)22-26-21(27-29-22)17-6-5-7-18(24)13-17/h4-11,13,20H,1,12H2,2-3H3,(H,25,30). The van der Waals surface area contributed by atoms with Gasteiger partial charge in [0.2, 0.25) is 5.82 Å². The van der Waals surface area contributed by atoms with Gasteiger partial charge in [0.1, 0.15) is 0 Å². The summed E-state index contributed by atoms with van der Waals surface area (Å²) < 4.78 is 5.71. The Morgan fingerprint density at radius 3 is 2.70 bits per heavy atom. The molecule has 0 radical (unpaired) electrons. The highest BCUT2D eigenvalue weighted by Gasteiger charge is 2.33. The maximum Gasteiger partial charge on any atom is 0.258 e. The quantitative estimate of drug-likeness (QED) is 0.418. The van der Waals surface area contributed by atoms with E-state index >= 15 is 0 Å². The van der Waals surface area contributed by atoms with E-state index in [1.807, 2.05) is 42.2 Å². The van der Waals surface area contributed by atoms with Gasteiger partial charge in [-0.1, -0.05) is 64.8 Å². The fourth-order valence-corrected chi connectivity index (χ4v) is 4.01. The zero-order valence-electron chi connectivity index (χ0n) is 16.7. The molecule has 4 rings (SSSR count). The normalized spacial score (nSPS) is 16.6. The van der Waals surface area contributed by atoms with E-state index in [0.29, 0.717) is 28.4 Å². The number of nitrogens with one attached hydrogen (secondary N) is 1. The highest BCUT2D eigenvalue weighted by molar-refractivity contribution is 7.80. The van der Waals surface area contributed by atoms with Crippen LogP contribution in [0.1, 0.15) is 30.0 Å². The molecule has 0 fully saturated rings. The predicted molar refractivity (Wildman–Crippen MR) is 124 cm³/mol. The summed E-state index contributed by atoms with van der Waals surface area (Å²) >= 11 is 11.7. The monoisotopic (exact) mass is 436 g/mol. The van der Waals surface area contributed by atoms with Crippen LogP contribution in [0.4, 0.5) is 0 Å². The summed E-state index contributed by atoms with van der Waals surface area (Å²) in [6, 6.07) is 15.5. The molecular weight excluding hydrogens is 416 g/mol. The van der Waals surface area contributed by atoms with E-state index in [-0.39, 0.29) is 6.04 Å². The van der Waals surface area contributed by atoms with Gasteiger partial charge < -0.3 is 14.7 Å². The van der Waals surface area contributed by atoms with Crippen molar-refractivity contribution in [1.82, 2.24) is 20.4 Å². The Morgan fingerprint density at radius 2 is 2.00 bits per heavy atom. The van der Waals surface area contributed by atoms with Crippen LogP contribution in [0.25, 0.3) is 17.0 Å². The number of benzene rings is 2. The zero-order valence-corrected chi connectivity index (χ0v) is 18.3. The molecule has 1 aliphatic rings. The topological polar surface area (TPSA) is 54.2 Å². The van der Waals surface area contributed by atoms with Gasteiger partial charge >= 0.3 is 0 Å². The number of allylic oxidation sites excluding steroid dienone is 1. The summed E-state index contributed by atoms with van der Waals surface area (Å²) in [6.45, 7) is 8.50. The van der Waals surface area contributed by atoms with Gasteiger partial charge in [-0.2, -0.15) is 4.98 Å². The minimum Gasteiger partial charge on any atom is -0.351 e. The van der Waals surface area contributed by atoms with Crippen LogP contribution in [0.5, 0.6) is 0 Å². The van der Waals surface area contributed by atoms with Gasteiger partial charge in [0, 0.05) is 22.8 Å². The molecule has 152 valence electrons. The number of hydrogen-bond acceptors (Lipinski definition) is 4. The van der Waals surface area contributed by atoms with Gasteiger partial charge in [0.25, 0.3) is 5.89 Å². The second-order valence-corrected chi connectivity index (χ2v) is 7.95. The van der Waals surface area contributed by atoms with Crippen molar-refractivity contribution in [2.24, 2.45) is 0 Å². The van der Waals surface area contributed by atoms with E-state index in [1.165, 1.54) is 5.56 Å². The third-order valence-electron chi connectivity index (χ3n) is 5.06. The van der Waals surface area contributed by atoms with Crippen molar-refractivity contribution in [2.45, 2.75) is 19.9 Å². The number of nitrogens with zero attached hydrogens (tertiary/aromatic N) is 3. The minimum atomic E-state index is -0.202. The fraction of sp³-hybridized carbons (Fsp3) is 0.174. The summed E-state index contributed by atoms with van der Waals surface area (Å²) in [5.41, 5.74) is 4.89. The van der Waals surface area contributed by atoms with E-state index in [9.17, 15) is 0 Å². The van der Waals surface area contributed by atoms with Crippen molar-refractivity contribution < 1.29 is 4.52 Å². The van der Waals surface area contributed by atoms with Crippen molar-refractivity contribution >= 4 is 34.5 Å². The summed E-state index contributed by atoms with van der Waals surface area (Å²) in [6.07, 6.45) is 1.81. The van der Waals surface area contributed by atoms with Crippen LogP contribution in [0.15, 0.2) is 71.4 Å². The molecule has 0 aliphatic carbocycles. The van der Waals surface area contributed by atoms with Crippen molar-refractivity contribution in [3.05, 3.63) is 88.9 Å². The number of hydrogen-bond donors (Lipinski definition) is 1. The van der Waals surface area contributed by atoms with Gasteiger partial charge in [0.05, 0.1) is 11.6 Å². The Labute approximate surface area is 186 Å². The molecule has 0 amide bonds. The van der Waals surface area contributed by atoms with Gasteiger partial charge in [-0.3, -0.25) is 0 Å². The van der Waals surface area contributed by atoms with Crippen LogP contribution in [0, 0.1) is 6.92 Å². The highest BCUT2D eigenvalue weighted by Crippen LogP contribution is 2.37. The molecule has 1 atom stereocenters. The van der Waals surface area contributed by atoms with Crippen molar-refractivity contribution in [3.63, 3.8) is 0 Å². The Bertz CT molecular complexity index is 1140. The third-order valence-corrected chi connectivity index (χ3v) is 5.63. The first kappa shape index (κ1) is 20.3. The number of thiocarbonyl (C=S) groups is 1.